The SMILES string of the molecule is COc1ccccc1CC(O)c1ccoc1Cl. The van der Waals surface area contributed by atoms with E-state index >= 15 is 0 Å². The van der Waals surface area contributed by atoms with E-state index in [9.17, 15) is 5.11 Å². The van der Waals surface area contributed by atoms with E-state index in [1.165, 1.54) is 6.26 Å². The molecule has 0 aliphatic carbocycles. The first-order chi connectivity index (χ1) is 8.22. The molecule has 1 atom stereocenters. The van der Waals surface area contributed by atoms with E-state index in [0.29, 0.717) is 12.0 Å². The molecule has 1 unspecified atom stereocenters. The second kappa shape index (κ2) is 5.25. The van der Waals surface area contributed by atoms with E-state index < -0.39 is 6.10 Å². The van der Waals surface area contributed by atoms with Crippen LogP contribution in [0.4, 0.5) is 0 Å². The third-order valence-corrected chi connectivity index (χ3v) is 2.92. The lowest BCUT2D eigenvalue weighted by Crippen LogP contribution is -2.02. The van der Waals surface area contributed by atoms with Crippen molar-refractivity contribution in [2.45, 2.75) is 12.5 Å². The molecule has 0 saturated carbocycles. The van der Waals surface area contributed by atoms with Crippen LogP contribution in [0.5, 0.6) is 5.75 Å². The van der Waals surface area contributed by atoms with Gasteiger partial charge in [-0.15, -0.1) is 0 Å². The van der Waals surface area contributed by atoms with E-state index in [1.54, 1.807) is 13.2 Å². The van der Waals surface area contributed by atoms with Crippen molar-refractivity contribution < 1.29 is 14.3 Å². The first-order valence-electron chi connectivity index (χ1n) is 5.25. The van der Waals surface area contributed by atoms with Crippen LogP contribution >= 0.6 is 11.6 Å². The normalized spacial score (nSPS) is 12.4. The number of aliphatic hydroxyl groups is 1. The molecule has 0 saturated heterocycles. The van der Waals surface area contributed by atoms with Gasteiger partial charge in [-0.25, -0.2) is 0 Å². The first kappa shape index (κ1) is 12.0. The Labute approximate surface area is 105 Å². The molecule has 0 aliphatic rings. The Balaban J connectivity index is 2.18. The van der Waals surface area contributed by atoms with Crippen molar-refractivity contribution in [1.82, 2.24) is 0 Å². The van der Waals surface area contributed by atoms with Crippen molar-refractivity contribution >= 4 is 11.6 Å². The minimum atomic E-state index is -0.697. The van der Waals surface area contributed by atoms with E-state index in [1.807, 2.05) is 24.3 Å². The molecule has 4 heteroatoms. The third kappa shape index (κ3) is 2.62. The summed E-state index contributed by atoms with van der Waals surface area (Å²) in [6.45, 7) is 0. The standard InChI is InChI=1S/C13H13ClO3/c1-16-12-5-3-2-4-9(12)8-11(15)10-6-7-17-13(10)14/h2-7,11,15H,8H2,1H3. The van der Waals surface area contributed by atoms with Gasteiger partial charge in [-0.1, -0.05) is 18.2 Å². The molecule has 2 rings (SSSR count). The molecule has 0 spiro atoms. The van der Waals surface area contributed by atoms with Crippen molar-refractivity contribution in [2.24, 2.45) is 0 Å². The molecular formula is C13H13ClO3. The number of benzene rings is 1. The summed E-state index contributed by atoms with van der Waals surface area (Å²) in [5, 5.41) is 10.3. The second-order valence-corrected chi connectivity index (χ2v) is 4.02. The lowest BCUT2D eigenvalue weighted by atomic mass is 10.0. The van der Waals surface area contributed by atoms with Crippen LogP contribution in [0.1, 0.15) is 17.2 Å². The Morgan fingerprint density at radius 1 is 1.35 bits per heavy atom. The summed E-state index contributed by atoms with van der Waals surface area (Å²) in [5.74, 6) is 0.756. The number of furan rings is 1. The highest BCUT2D eigenvalue weighted by Gasteiger charge is 2.16. The Hall–Kier alpha value is -1.45. The molecule has 0 amide bonds. The van der Waals surface area contributed by atoms with Crippen LogP contribution in [0.3, 0.4) is 0 Å². The predicted molar refractivity (Wildman–Crippen MR) is 65.4 cm³/mol. The zero-order chi connectivity index (χ0) is 12.3. The first-order valence-corrected chi connectivity index (χ1v) is 5.63. The van der Waals surface area contributed by atoms with Gasteiger partial charge in [0.05, 0.1) is 19.5 Å². The maximum absolute atomic E-state index is 10.1. The molecule has 0 aliphatic heterocycles. The molecule has 1 aromatic carbocycles. The van der Waals surface area contributed by atoms with Crippen molar-refractivity contribution in [3.63, 3.8) is 0 Å². The fraction of sp³-hybridized carbons (Fsp3) is 0.231. The molecule has 17 heavy (non-hydrogen) atoms. The van der Waals surface area contributed by atoms with Crippen LogP contribution in [0, 0.1) is 0 Å². The smallest absolute Gasteiger partial charge is 0.198 e. The monoisotopic (exact) mass is 252 g/mol. The second-order valence-electron chi connectivity index (χ2n) is 3.68. The highest BCUT2D eigenvalue weighted by atomic mass is 35.5. The van der Waals surface area contributed by atoms with Crippen molar-refractivity contribution in [2.75, 3.05) is 7.11 Å². The van der Waals surface area contributed by atoms with Crippen LogP contribution in [0.25, 0.3) is 0 Å². The summed E-state index contributed by atoms with van der Waals surface area (Å²) in [7, 11) is 1.61. The van der Waals surface area contributed by atoms with E-state index in [4.69, 9.17) is 20.8 Å². The van der Waals surface area contributed by atoms with Gasteiger partial charge in [-0.2, -0.15) is 0 Å². The van der Waals surface area contributed by atoms with Gasteiger partial charge in [0.2, 0.25) is 0 Å². The van der Waals surface area contributed by atoms with Gasteiger partial charge in [0.25, 0.3) is 0 Å². The summed E-state index contributed by atoms with van der Waals surface area (Å²) in [6, 6.07) is 9.23. The zero-order valence-electron chi connectivity index (χ0n) is 9.39. The summed E-state index contributed by atoms with van der Waals surface area (Å²) in [4.78, 5) is 0. The van der Waals surface area contributed by atoms with Gasteiger partial charge >= 0.3 is 0 Å². The predicted octanol–water partition coefficient (Wildman–Crippen LogP) is 3.22. The third-order valence-electron chi connectivity index (χ3n) is 2.61. The number of halogens is 1. The average molecular weight is 253 g/mol. The van der Waals surface area contributed by atoms with Crippen LogP contribution in [0.2, 0.25) is 5.22 Å². The minimum absolute atomic E-state index is 0.229. The van der Waals surface area contributed by atoms with Crippen LogP contribution in [-0.2, 0) is 6.42 Å². The maximum Gasteiger partial charge on any atom is 0.198 e. The van der Waals surface area contributed by atoms with Crippen LogP contribution in [0.15, 0.2) is 41.0 Å². The Kier molecular flexibility index (Phi) is 3.71. The molecule has 1 heterocycles. The molecule has 3 nitrogen and oxygen atoms in total. The van der Waals surface area contributed by atoms with Crippen molar-refractivity contribution in [3.8, 4) is 5.75 Å². The summed E-state index contributed by atoms with van der Waals surface area (Å²) in [6.07, 6.45) is 1.20. The van der Waals surface area contributed by atoms with Gasteiger partial charge in [-0.3, -0.25) is 0 Å². The van der Waals surface area contributed by atoms with Crippen molar-refractivity contribution in [1.29, 1.82) is 0 Å². The van der Waals surface area contributed by atoms with Gasteiger partial charge in [0.15, 0.2) is 5.22 Å². The van der Waals surface area contributed by atoms with Crippen LogP contribution < -0.4 is 4.74 Å². The van der Waals surface area contributed by atoms with Gasteiger partial charge < -0.3 is 14.3 Å². The van der Waals surface area contributed by atoms with Crippen LogP contribution in [-0.4, -0.2) is 12.2 Å². The number of aliphatic hydroxyl groups excluding tert-OH is 1. The average Bonchev–Trinajstić information content (AvgIpc) is 2.76. The maximum atomic E-state index is 10.1. The highest BCUT2D eigenvalue weighted by molar-refractivity contribution is 6.29. The van der Waals surface area contributed by atoms with Crippen molar-refractivity contribution in [3.05, 3.63) is 52.9 Å². The van der Waals surface area contributed by atoms with Gasteiger partial charge in [0, 0.05) is 12.0 Å². The van der Waals surface area contributed by atoms with Gasteiger partial charge in [-0.05, 0) is 29.3 Å². The number of hydrogen-bond donors (Lipinski definition) is 1. The number of rotatable bonds is 4. The molecule has 90 valence electrons. The molecule has 1 N–H and O–H groups in total. The number of para-hydroxylation sites is 1. The molecule has 0 radical (unpaired) electrons. The lowest BCUT2D eigenvalue weighted by molar-refractivity contribution is 0.176. The molecule has 1 aromatic heterocycles. The topological polar surface area (TPSA) is 42.6 Å². The summed E-state index contributed by atoms with van der Waals surface area (Å²) < 4.78 is 10.2. The number of hydrogen-bond acceptors (Lipinski definition) is 3. The Morgan fingerprint density at radius 2 is 2.12 bits per heavy atom. The molecular weight excluding hydrogens is 240 g/mol. The number of ether oxygens (including phenoxy) is 1. The molecule has 0 bridgehead atoms. The van der Waals surface area contributed by atoms with E-state index in [-0.39, 0.29) is 5.22 Å². The Bertz CT molecular complexity index is 493. The highest BCUT2D eigenvalue weighted by Crippen LogP contribution is 2.29. The van der Waals surface area contributed by atoms with Gasteiger partial charge in [0.1, 0.15) is 5.75 Å². The lowest BCUT2D eigenvalue weighted by Gasteiger charge is -2.12. The Morgan fingerprint density at radius 3 is 2.76 bits per heavy atom. The number of methoxy groups -OCH3 is 1. The quantitative estimate of drug-likeness (QED) is 0.909. The molecule has 2 aromatic rings. The van der Waals surface area contributed by atoms with E-state index in [2.05, 4.69) is 0 Å². The summed E-state index contributed by atoms with van der Waals surface area (Å²) >= 11 is 5.82. The zero-order valence-corrected chi connectivity index (χ0v) is 10.1. The molecule has 0 fully saturated rings. The fourth-order valence-corrected chi connectivity index (χ4v) is 1.97. The minimum Gasteiger partial charge on any atom is -0.496 e. The largest absolute Gasteiger partial charge is 0.496 e. The summed E-state index contributed by atoms with van der Waals surface area (Å²) in [5.41, 5.74) is 1.53. The van der Waals surface area contributed by atoms with E-state index in [0.717, 1.165) is 11.3 Å². The fourth-order valence-electron chi connectivity index (χ4n) is 1.73.